The SMILES string of the molecule is CCOC(=O)c1[nH]c(C)c(C(=O)c2cccc(OCCN)c2)c1C. The van der Waals surface area contributed by atoms with Crippen molar-refractivity contribution >= 4 is 11.8 Å². The molecule has 0 fully saturated rings. The minimum absolute atomic E-state index is 0.171. The smallest absolute Gasteiger partial charge is 0.355 e. The summed E-state index contributed by atoms with van der Waals surface area (Å²) in [6, 6.07) is 6.91. The minimum Gasteiger partial charge on any atom is -0.492 e. The first-order valence-electron chi connectivity index (χ1n) is 7.83. The van der Waals surface area contributed by atoms with Gasteiger partial charge in [0.2, 0.25) is 0 Å². The number of hydrogen-bond acceptors (Lipinski definition) is 5. The van der Waals surface area contributed by atoms with Crippen LogP contribution in [0.3, 0.4) is 0 Å². The quantitative estimate of drug-likeness (QED) is 0.600. The zero-order valence-electron chi connectivity index (χ0n) is 14.1. The van der Waals surface area contributed by atoms with Gasteiger partial charge >= 0.3 is 5.97 Å². The number of carbonyl (C=O) groups is 2. The summed E-state index contributed by atoms with van der Waals surface area (Å²) in [7, 11) is 0. The van der Waals surface area contributed by atoms with E-state index in [0.29, 0.717) is 47.0 Å². The van der Waals surface area contributed by atoms with Gasteiger partial charge in [0.25, 0.3) is 0 Å². The van der Waals surface area contributed by atoms with Crippen LogP contribution in [-0.4, -0.2) is 36.5 Å². The first-order valence-corrected chi connectivity index (χ1v) is 7.83. The van der Waals surface area contributed by atoms with Gasteiger partial charge in [-0.2, -0.15) is 0 Å². The number of aromatic amines is 1. The van der Waals surface area contributed by atoms with Crippen molar-refractivity contribution in [1.82, 2.24) is 4.98 Å². The Hall–Kier alpha value is -2.60. The molecule has 1 aromatic carbocycles. The molecule has 1 heterocycles. The van der Waals surface area contributed by atoms with Gasteiger partial charge in [0, 0.05) is 23.4 Å². The van der Waals surface area contributed by atoms with E-state index < -0.39 is 5.97 Å². The Balaban J connectivity index is 2.35. The van der Waals surface area contributed by atoms with Crippen molar-refractivity contribution in [2.75, 3.05) is 19.8 Å². The molecule has 1 aromatic heterocycles. The van der Waals surface area contributed by atoms with Crippen molar-refractivity contribution in [3.8, 4) is 5.75 Å². The lowest BCUT2D eigenvalue weighted by Gasteiger charge is -2.07. The molecule has 6 heteroatoms. The summed E-state index contributed by atoms with van der Waals surface area (Å²) >= 11 is 0. The van der Waals surface area contributed by atoms with Crippen molar-refractivity contribution in [3.63, 3.8) is 0 Å². The van der Waals surface area contributed by atoms with Gasteiger partial charge in [0.05, 0.1) is 6.61 Å². The molecule has 0 saturated carbocycles. The number of benzene rings is 1. The highest BCUT2D eigenvalue weighted by Crippen LogP contribution is 2.24. The van der Waals surface area contributed by atoms with Gasteiger partial charge in [-0.1, -0.05) is 12.1 Å². The molecule has 0 unspecified atom stereocenters. The van der Waals surface area contributed by atoms with E-state index in [9.17, 15) is 9.59 Å². The van der Waals surface area contributed by atoms with Crippen molar-refractivity contribution in [2.45, 2.75) is 20.8 Å². The molecular formula is C18H22N2O4. The van der Waals surface area contributed by atoms with E-state index in [2.05, 4.69) is 4.98 Å². The zero-order chi connectivity index (χ0) is 17.7. The Kier molecular flexibility index (Phi) is 5.76. The molecule has 0 radical (unpaired) electrons. The normalized spacial score (nSPS) is 10.5. The van der Waals surface area contributed by atoms with Gasteiger partial charge in [0.1, 0.15) is 18.1 Å². The Morgan fingerprint density at radius 2 is 2.00 bits per heavy atom. The van der Waals surface area contributed by atoms with Gasteiger partial charge in [-0.3, -0.25) is 4.79 Å². The van der Waals surface area contributed by atoms with Crippen LogP contribution >= 0.6 is 0 Å². The predicted octanol–water partition coefficient (Wildman–Crippen LogP) is 2.38. The van der Waals surface area contributed by atoms with Crippen LogP contribution in [0.1, 0.15) is 44.6 Å². The molecule has 128 valence electrons. The second kappa shape index (κ2) is 7.79. The standard InChI is InChI=1S/C18H22N2O4/c1-4-23-18(22)16-11(2)15(12(3)20-16)17(21)13-6-5-7-14(10-13)24-9-8-19/h5-7,10,20H,4,8-9,19H2,1-3H3. The second-order valence-corrected chi connectivity index (χ2v) is 5.34. The largest absolute Gasteiger partial charge is 0.492 e. The molecule has 0 aliphatic carbocycles. The third-order valence-corrected chi connectivity index (χ3v) is 3.63. The third kappa shape index (κ3) is 3.65. The maximum atomic E-state index is 12.9. The Labute approximate surface area is 141 Å². The molecule has 3 N–H and O–H groups in total. The van der Waals surface area contributed by atoms with Crippen LogP contribution in [-0.2, 0) is 4.74 Å². The Morgan fingerprint density at radius 3 is 2.67 bits per heavy atom. The van der Waals surface area contributed by atoms with E-state index in [0.717, 1.165) is 0 Å². The number of esters is 1. The molecular weight excluding hydrogens is 308 g/mol. The lowest BCUT2D eigenvalue weighted by atomic mass is 9.99. The predicted molar refractivity (Wildman–Crippen MR) is 90.6 cm³/mol. The fourth-order valence-electron chi connectivity index (χ4n) is 2.55. The van der Waals surface area contributed by atoms with E-state index in [1.54, 1.807) is 45.0 Å². The molecule has 2 rings (SSSR count). The van der Waals surface area contributed by atoms with Crippen LogP contribution in [0.4, 0.5) is 0 Å². The first-order chi connectivity index (χ1) is 11.5. The average Bonchev–Trinajstić information content (AvgIpc) is 2.87. The summed E-state index contributed by atoms with van der Waals surface area (Å²) < 4.78 is 10.5. The van der Waals surface area contributed by atoms with Gasteiger partial charge in [0.15, 0.2) is 5.78 Å². The van der Waals surface area contributed by atoms with Crippen molar-refractivity contribution < 1.29 is 19.1 Å². The van der Waals surface area contributed by atoms with Crippen LogP contribution < -0.4 is 10.5 Å². The van der Waals surface area contributed by atoms with Gasteiger partial charge < -0.3 is 20.2 Å². The van der Waals surface area contributed by atoms with E-state index >= 15 is 0 Å². The fourth-order valence-corrected chi connectivity index (χ4v) is 2.55. The maximum Gasteiger partial charge on any atom is 0.355 e. The summed E-state index contributed by atoms with van der Waals surface area (Å²) in [6.07, 6.45) is 0. The van der Waals surface area contributed by atoms with Gasteiger partial charge in [-0.05, 0) is 38.5 Å². The van der Waals surface area contributed by atoms with Crippen LogP contribution in [0.25, 0.3) is 0 Å². The fraction of sp³-hybridized carbons (Fsp3) is 0.333. The van der Waals surface area contributed by atoms with Crippen molar-refractivity contribution in [3.05, 3.63) is 52.3 Å². The minimum atomic E-state index is -0.461. The summed E-state index contributed by atoms with van der Waals surface area (Å²) in [5.41, 5.74) is 7.93. The van der Waals surface area contributed by atoms with Crippen molar-refractivity contribution in [2.24, 2.45) is 5.73 Å². The highest BCUT2D eigenvalue weighted by Gasteiger charge is 2.23. The van der Waals surface area contributed by atoms with Crippen LogP contribution in [0.5, 0.6) is 5.75 Å². The summed E-state index contributed by atoms with van der Waals surface area (Å²) in [5, 5.41) is 0. The maximum absolute atomic E-state index is 12.9. The molecule has 24 heavy (non-hydrogen) atoms. The van der Waals surface area contributed by atoms with Crippen molar-refractivity contribution in [1.29, 1.82) is 0 Å². The summed E-state index contributed by atoms with van der Waals surface area (Å²) in [4.78, 5) is 27.8. The highest BCUT2D eigenvalue weighted by atomic mass is 16.5. The number of ketones is 1. The topological polar surface area (TPSA) is 94.4 Å². The number of hydrogen-bond donors (Lipinski definition) is 2. The van der Waals surface area contributed by atoms with Gasteiger partial charge in [-0.25, -0.2) is 4.79 Å². The molecule has 0 atom stereocenters. The second-order valence-electron chi connectivity index (χ2n) is 5.34. The van der Waals surface area contributed by atoms with Crippen LogP contribution in [0.15, 0.2) is 24.3 Å². The molecule has 0 spiro atoms. The van der Waals surface area contributed by atoms with Crippen LogP contribution in [0, 0.1) is 13.8 Å². The molecule has 6 nitrogen and oxygen atoms in total. The molecule has 0 amide bonds. The number of H-pyrrole nitrogens is 1. The summed E-state index contributed by atoms with van der Waals surface area (Å²) in [6.45, 7) is 6.29. The molecule has 0 saturated heterocycles. The highest BCUT2D eigenvalue weighted by molar-refractivity contribution is 6.12. The average molecular weight is 330 g/mol. The number of ether oxygens (including phenoxy) is 2. The number of nitrogens with one attached hydrogen (secondary N) is 1. The third-order valence-electron chi connectivity index (χ3n) is 3.63. The monoisotopic (exact) mass is 330 g/mol. The molecule has 0 aliphatic heterocycles. The van der Waals surface area contributed by atoms with E-state index in [1.807, 2.05) is 0 Å². The summed E-state index contributed by atoms with van der Waals surface area (Å²) in [5.74, 6) is -0.0464. The Morgan fingerprint density at radius 1 is 1.25 bits per heavy atom. The number of aromatic nitrogens is 1. The number of nitrogens with two attached hydrogens (primary N) is 1. The first kappa shape index (κ1) is 17.7. The van der Waals surface area contributed by atoms with E-state index in [-0.39, 0.29) is 12.4 Å². The lowest BCUT2D eigenvalue weighted by Crippen LogP contribution is -2.11. The van der Waals surface area contributed by atoms with E-state index in [1.165, 1.54) is 0 Å². The van der Waals surface area contributed by atoms with Gasteiger partial charge in [-0.15, -0.1) is 0 Å². The number of rotatable bonds is 7. The molecule has 0 bridgehead atoms. The molecule has 2 aromatic rings. The van der Waals surface area contributed by atoms with E-state index in [4.69, 9.17) is 15.2 Å². The Bertz CT molecular complexity index is 749. The van der Waals surface area contributed by atoms with Crippen LogP contribution in [0.2, 0.25) is 0 Å². The number of carbonyl (C=O) groups excluding carboxylic acids is 2. The zero-order valence-corrected chi connectivity index (χ0v) is 14.1. The molecule has 0 aliphatic rings. The number of aryl methyl sites for hydroxylation is 1. The lowest BCUT2D eigenvalue weighted by molar-refractivity contribution is 0.0519.